The molecule has 1 aromatic carbocycles. The minimum atomic E-state index is -3.77. The molecule has 6 nitrogen and oxygen atoms in total. The van der Waals surface area contributed by atoms with Crippen LogP contribution in [0.3, 0.4) is 0 Å². The number of sulfonamides is 1. The SMILES string of the molecule is O=C(NO)[C@@H]1CC2(CN1S(=O)(=O)c1ccccc1)SCCS2. The number of rotatable bonds is 3. The standard InChI is InChI=1S/C13H16N2O4S3/c16-12(14-17)11-8-13(20-6-7-21-13)9-15(11)22(18,19)10-4-2-1-3-5-10/h1-5,11,17H,6-9H2,(H,14,16)/t11-/m0/s1. The van der Waals surface area contributed by atoms with Crippen LogP contribution in [-0.2, 0) is 14.8 Å². The zero-order valence-corrected chi connectivity index (χ0v) is 14.1. The second-order valence-corrected chi connectivity index (χ2v) is 10.3. The molecule has 22 heavy (non-hydrogen) atoms. The molecule has 0 saturated carbocycles. The van der Waals surface area contributed by atoms with Gasteiger partial charge in [-0.2, -0.15) is 4.31 Å². The van der Waals surface area contributed by atoms with Crippen molar-refractivity contribution in [3.63, 3.8) is 0 Å². The van der Waals surface area contributed by atoms with Crippen LogP contribution < -0.4 is 5.48 Å². The highest BCUT2D eigenvalue weighted by Gasteiger charge is 2.53. The molecule has 1 aromatic rings. The Morgan fingerprint density at radius 1 is 1.27 bits per heavy atom. The highest BCUT2D eigenvalue weighted by atomic mass is 32.2. The summed E-state index contributed by atoms with van der Waals surface area (Å²) in [7, 11) is -3.77. The fourth-order valence-corrected chi connectivity index (χ4v) is 7.88. The van der Waals surface area contributed by atoms with E-state index in [-0.39, 0.29) is 15.5 Å². The highest BCUT2D eigenvalue weighted by molar-refractivity contribution is 8.21. The van der Waals surface area contributed by atoms with Crippen molar-refractivity contribution >= 4 is 39.5 Å². The average molecular weight is 360 g/mol. The van der Waals surface area contributed by atoms with E-state index in [1.165, 1.54) is 16.4 Å². The second-order valence-electron chi connectivity index (χ2n) is 5.17. The predicted molar refractivity (Wildman–Crippen MR) is 86.3 cm³/mol. The zero-order valence-electron chi connectivity index (χ0n) is 11.6. The van der Waals surface area contributed by atoms with Crippen molar-refractivity contribution in [2.45, 2.75) is 21.4 Å². The van der Waals surface area contributed by atoms with E-state index in [1.807, 2.05) is 0 Å². The topological polar surface area (TPSA) is 86.7 Å². The Morgan fingerprint density at radius 2 is 1.91 bits per heavy atom. The first kappa shape index (κ1) is 16.1. The molecule has 0 unspecified atom stereocenters. The Bertz CT molecular complexity index is 659. The summed E-state index contributed by atoms with van der Waals surface area (Å²) in [5.74, 6) is 1.21. The monoisotopic (exact) mass is 360 g/mol. The molecule has 2 fully saturated rings. The molecule has 1 atom stereocenters. The van der Waals surface area contributed by atoms with Gasteiger partial charge in [0.05, 0.1) is 8.97 Å². The Kier molecular flexibility index (Phi) is 4.43. The number of hydrogen-bond donors (Lipinski definition) is 2. The fraction of sp³-hybridized carbons (Fsp3) is 0.462. The van der Waals surface area contributed by atoms with Crippen molar-refractivity contribution in [3.8, 4) is 0 Å². The van der Waals surface area contributed by atoms with Crippen LogP contribution in [0.2, 0.25) is 0 Å². The lowest BCUT2D eigenvalue weighted by Crippen LogP contribution is -2.45. The molecule has 3 rings (SSSR count). The van der Waals surface area contributed by atoms with Crippen molar-refractivity contribution in [2.24, 2.45) is 0 Å². The molecule has 9 heteroatoms. The molecule has 1 spiro atoms. The third-order valence-electron chi connectivity index (χ3n) is 3.82. The van der Waals surface area contributed by atoms with Crippen LogP contribution >= 0.6 is 23.5 Å². The Balaban J connectivity index is 1.97. The minimum absolute atomic E-state index is 0.163. The van der Waals surface area contributed by atoms with E-state index in [9.17, 15) is 13.2 Å². The summed E-state index contributed by atoms with van der Waals surface area (Å²) < 4.78 is 26.6. The van der Waals surface area contributed by atoms with Gasteiger partial charge in [-0.3, -0.25) is 10.0 Å². The summed E-state index contributed by atoms with van der Waals surface area (Å²) in [4.78, 5) is 12.1. The lowest BCUT2D eigenvalue weighted by atomic mass is 10.2. The minimum Gasteiger partial charge on any atom is -0.289 e. The fourth-order valence-electron chi connectivity index (χ4n) is 2.79. The van der Waals surface area contributed by atoms with Crippen LogP contribution in [0.15, 0.2) is 35.2 Å². The Morgan fingerprint density at radius 3 is 2.50 bits per heavy atom. The number of hydrogen-bond acceptors (Lipinski definition) is 6. The highest BCUT2D eigenvalue weighted by Crippen LogP contribution is 2.52. The van der Waals surface area contributed by atoms with Gasteiger partial charge in [-0.1, -0.05) is 18.2 Å². The summed E-state index contributed by atoms with van der Waals surface area (Å²) >= 11 is 3.39. The van der Waals surface area contributed by atoms with Gasteiger partial charge in [0.15, 0.2) is 0 Å². The van der Waals surface area contributed by atoms with Crippen molar-refractivity contribution < 1.29 is 18.4 Å². The number of hydroxylamine groups is 1. The molecule has 0 bridgehead atoms. The third-order valence-corrected chi connectivity index (χ3v) is 9.12. The van der Waals surface area contributed by atoms with E-state index < -0.39 is 22.0 Å². The number of carbonyl (C=O) groups is 1. The number of thioether (sulfide) groups is 2. The number of nitrogens with zero attached hydrogens (tertiary/aromatic N) is 1. The Labute approximate surface area is 137 Å². The maximum absolute atomic E-state index is 12.9. The van der Waals surface area contributed by atoms with Crippen LogP contribution in [0.4, 0.5) is 0 Å². The molecule has 2 aliphatic heterocycles. The molecule has 120 valence electrons. The van der Waals surface area contributed by atoms with Gasteiger partial charge in [-0.15, -0.1) is 23.5 Å². The first-order valence-corrected chi connectivity index (χ1v) is 10.2. The predicted octanol–water partition coefficient (Wildman–Crippen LogP) is 1.13. The molecule has 2 N–H and O–H groups in total. The molecule has 0 radical (unpaired) electrons. The number of amides is 1. The van der Waals surface area contributed by atoms with E-state index in [1.54, 1.807) is 47.2 Å². The average Bonchev–Trinajstić information content (AvgIpc) is 3.15. The molecule has 1 amide bonds. The molecule has 0 aromatic heterocycles. The van der Waals surface area contributed by atoms with E-state index >= 15 is 0 Å². The van der Waals surface area contributed by atoms with Crippen molar-refractivity contribution in [3.05, 3.63) is 30.3 Å². The summed E-state index contributed by atoms with van der Waals surface area (Å²) in [6.07, 6.45) is 0.404. The van der Waals surface area contributed by atoms with E-state index in [4.69, 9.17) is 5.21 Å². The van der Waals surface area contributed by atoms with E-state index in [2.05, 4.69) is 0 Å². The van der Waals surface area contributed by atoms with E-state index in [0.29, 0.717) is 6.42 Å². The van der Waals surface area contributed by atoms with Crippen molar-refractivity contribution in [2.75, 3.05) is 18.1 Å². The van der Waals surface area contributed by atoms with Gasteiger partial charge < -0.3 is 0 Å². The molecular formula is C13H16N2O4S3. The lowest BCUT2D eigenvalue weighted by molar-refractivity contribution is -0.132. The quantitative estimate of drug-likeness (QED) is 0.621. The van der Waals surface area contributed by atoms with Crippen molar-refractivity contribution in [1.82, 2.24) is 9.79 Å². The maximum atomic E-state index is 12.9. The first-order valence-electron chi connectivity index (χ1n) is 6.77. The van der Waals surface area contributed by atoms with Gasteiger partial charge in [0.25, 0.3) is 5.91 Å². The van der Waals surface area contributed by atoms with Crippen LogP contribution in [0.25, 0.3) is 0 Å². The summed E-state index contributed by atoms with van der Waals surface area (Å²) in [5, 5.41) is 8.95. The maximum Gasteiger partial charge on any atom is 0.261 e. The van der Waals surface area contributed by atoms with Gasteiger partial charge in [0, 0.05) is 18.1 Å². The van der Waals surface area contributed by atoms with E-state index in [0.717, 1.165) is 11.5 Å². The molecular weight excluding hydrogens is 344 g/mol. The van der Waals surface area contributed by atoms with Crippen molar-refractivity contribution in [1.29, 1.82) is 0 Å². The third kappa shape index (κ3) is 2.76. The number of carbonyl (C=O) groups excluding carboxylic acids is 1. The lowest BCUT2D eigenvalue weighted by Gasteiger charge is -2.23. The van der Waals surface area contributed by atoms with Gasteiger partial charge >= 0.3 is 0 Å². The number of benzene rings is 1. The molecule has 2 saturated heterocycles. The smallest absolute Gasteiger partial charge is 0.261 e. The summed E-state index contributed by atoms with van der Waals surface area (Å²) in [6.45, 7) is 0.275. The second kappa shape index (κ2) is 6.04. The van der Waals surface area contributed by atoms with Gasteiger partial charge in [0.2, 0.25) is 10.0 Å². The van der Waals surface area contributed by atoms with Crippen LogP contribution in [0, 0.1) is 0 Å². The summed E-state index contributed by atoms with van der Waals surface area (Å²) in [6, 6.07) is 7.20. The normalized spacial score (nSPS) is 24.7. The zero-order chi connectivity index (χ0) is 15.8. The number of nitrogens with one attached hydrogen (secondary N) is 1. The Hall–Kier alpha value is -0.740. The van der Waals surface area contributed by atoms with Gasteiger partial charge in [0.1, 0.15) is 6.04 Å². The summed E-state index contributed by atoms with van der Waals surface area (Å²) in [5.41, 5.74) is 1.60. The largest absolute Gasteiger partial charge is 0.289 e. The van der Waals surface area contributed by atoms with Crippen LogP contribution in [-0.4, -0.2) is 52.0 Å². The molecule has 2 aliphatic rings. The van der Waals surface area contributed by atoms with Crippen LogP contribution in [0.1, 0.15) is 6.42 Å². The molecule has 0 aliphatic carbocycles. The van der Waals surface area contributed by atoms with Crippen LogP contribution in [0.5, 0.6) is 0 Å². The molecule has 2 heterocycles. The first-order chi connectivity index (χ1) is 10.5. The van der Waals surface area contributed by atoms with Gasteiger partial charge in [-0.25, -0.2) is 13.9 Å². The van der Waals surface area contributed by atoms with Gasteiger partial charge in [-0.05, 0) is 18.6 Å².